The van der Waals surface area contributed by atoms with E-state index in [1.807, 2.05) is 0 Å². The third kappa shape index (κ3) is 2.66. The Kier molecular flexibility index (Phi) is 4.03. The summed E-state index contributed by atoms with van der Waals surface area (Å²) in [6.45, 7) is 1.56. The Balaban J connectivity index is 2.34. The molecule has 3 rings (SSSR count). The minimum Gasteiger partial charge on any atom is -0.369 e. The maximum absolute atomic E-state index is 14.5. The molecule has 1 aliphatic rings. The number of aliphatic imine (C=N–C) groups is 1. The van der Waals surface area contributed by atoms with E-state index in [1.54, 1.807) is 37.3 Å². The van der Waals surface area contributed by atoms with E-state index in [-0.39, 0.29) is 11.5 Å². The fourth-order valence-electron chi connectivity index (χ4n) is 3.21. The molecule has 2 aromatic rings. The summed E-state index contributed by atoms with van der Waals surface area (Å²) in [5.41, 5.74) is 5.05. The first-order valence-corrected chi connectivity index (χ1v) is 9.13. The molecule has 132 valence electrons. The van der Waals surface area contributed by atoms with Crippen LogP contribution < -0.4 is 5.73 Å². The summed E-state index contributed by atoms with van der Waals surface area (Å²) in [5.74, 6) is -1.67. The normalized spacial score (nSPS) is 29.4. The molecule has 0 fully saturated rings. The molecule has 1 unspecified atom stereocenters. The van der Waals surface area contributed by atoms with Gasteiger partial charge in [0.25, 0.3) is 0 Å². The molecule has 0 aliphatic carbocycles. The summed E-state index contributed by atoms with van der Waals surface area (Å²) in [7, 11) is -2.05. The number of halogens is 2. The van der Waals surface area contributed by atoms with Gasteiger partial charge in [-0.2, -0.15) is 0 Å². The van der Waals surface area contributed by atoms with Gasteiger partial charge >= 0.3 is 0 Å². The average molecular weight is 364 g/mol. The first-order chi connectivity index (χ1) is 11.7. The van der Waals surface area contributed by atoms with Crippen LogP contribution in [0.4, 0.5) is 8.78 Å². The topological polar surface area (TPSA) is 82.5 Å². The fraction of sp³-hybridized carbons (Fsp3) is 0.235. The van der Waals surface area contributed by atoms with Crippen LogP contribution in [0.2, 0.25) is 0 Å². The van der Waals surface area contributed by atoms with Crippen molar-refractivity contribution in [2.24, 2.45) is 10.7 Å². The number of rotatable bonds is 2. The van der Waals surface area contributed by atoms with Crippen molar-refractivity contribution < 1.29 is 13.0 Å². The van der Waals surface area contributed by atoms with Gasteiger partial charge < -0.3 is 5.73 Å². The lowest BCUT2D eigenvalue weighted by Gasteiger charge is -2.43. The van der Waals surface area contributed by atoms with Gasteiger partial charge in [-0.1, -0.05) is 36.4 Å². The van der Waals surface area contributed by atoms with Crippen LogP contribution in [0.1, 0.15) is 23.3 Å². The molecule has 2 aromatic carbocycles. The SMILES string of the molecule is CN1C(N)=N[C@](C)(c2ccc(F)cc2F)[C@@H](c2ccccc2)S1(=N)=O. The molecule has 0 spiro atoms. The van der Waals surface area contributed by atoms with Crippen molar-refractivity contribution in [2.75, 3.05) is 7.05 Å². The number of hydrogen-bond acceptors (Lipinski definition) is 4. The van der Waals surface area contributed by atoms with Crippen molar-refractivity contribution >= 4 is 15.9 Å². The van der Waals surface area contributed by atoms with E-state index in [9.17, 15) is 13.0 Å². The molecule has 3 N–H and O–H groups in total. The van der Waals surface area contributed by atoms with Gasteiger partial charge in [0.15, 0.2) is 0 Å². The van der Waals surface area contributed by atoms with Gasteiger partial charge in [-0.05, 0) is 18.6 Å². The summed E-state index contributed by atoms with van der Waals surface area (Å²) >= 11 is 0. The number of guanidine groups is 1. The lowest BCUT2D eigenvalue weighted by Crippen LogP contribution is -2.51. The van der Waals surface area contributed by atoms with E-state index in [1.165, 1.54) is 13.1 Å². The lowest BCUT2D eigenvalue weighted by molar-refractivity contribution is 0.412. The zero-order valence-corrected chi connectivity index (χ0v) is 14.6. The van der Waals surface area contributed by atoms with E-state index >= 15 is 0 Å². The standard InChI is InChI=1S/C17H18F2N4OS/c1-17(13-9-8-12(18)10-14(13)19)15(11-6-4-3-5-7-11)25(21,24)23(2)16(20)22-17/h3-10,15,21H,1-2H3,(H2,20,22)/t15-,17-,25?/m1/s1. The molecular weight excluding hydrogens is 346 g/mol. The third-order valence-electron chi connectivity index (χ3n) is 4.49. The minimum atomic E-state index is -3.47. The highest BCUT2D eigenvalue weighted by Crippen LogP contribution is 2.48. The molecule has 0 radical (unpaired) electrons. The monoisotopic (exact) mass is 364 g/mol. The second-order valence-corrected chi connectivity index (χ2v) is 8.25. The highest BCUT2D eigenvalue weighted by molar-refractivity contribution is 7.91. The van der Waals surface area contributed by atoms with Gasteiger partial charge in [-0.15, -0.1) is 0 Å². The summed E-state index contributed by atoms with van der Waals surface area (Å²) in [6.07, 6.45) is 0. The third-order valence-corrected chi connectivity index (χ3v) is 6.86. The Bertz CT molecular complexity index is 946. The van der Waals surface area contributed by atoms with Crippen LogP contribution in [0.3, 0.4) is 0 Å². The van der Waals surface area contributed by atoms with Gasteiger partial charge in [-0.3, -0.25) is 4.31 Å². The molecular formula is C17H18F2N4OS. The second kappa shape index (κ2) is 5.80. The van der Waals surface area contributed by atoms with E-state index in [0.29, 0.717) is 5.56 Å². The highest BCUT2D eigenvalue weighted by Gasteiger charge is 2.50. The van der Waals surface area contributed by atoms with Crippen LogP contribution in [0.15, 0.2) is 53.5 Å². The summed E-state index contributed by atoms with van der Waals surface area (Å²) in [4.78, 5) is 4.37. The van der Waals surface area contributed by atoms with Gasteiger partial charge in [0.05, 0.1) is 0 Å². The largest absolute Gasteiger partial charge is 0.369 e. The van der Waals surface area contributed by atoms with Crippen LogP contribution >= 0.6 is 0 Å². The molecule has 3 atom stereocenters. The van der Waals surface area contributed by atoms with Crippen LogP contribution in [0, 0.1) is 16.4 Å². The predicted octanol–water partition coefficient (Wildman–Crippen LogP) is 3.14. The summed E-state index contributed by atoms with van der Waals surface area (Å²) in [5, 5.41) is -0.988. The molecule has 0 saturated heterocycles. The van der Waals surface area contributed by atoms with Crippen LogP contribution in [0.5, 0.6) is 0 Å². The Morgan fingerprint density at radius 1 is 1.24 bits per heavy atom. The van der Waals surface area contributed by atoms with Crippen molar-refractivity contribution in [1.82, 2.24) is 4.31 Å². The average Bonchev–Trinajstić information content (AvgIpc) is 2.53. The fourth-order valence-corrected chi connectivity index (χ4v) is 5.18. The first-order valence-electron chi connectivity index (χ1n) is 7.55. The van der Waals surface area contributed by atoms with E-state index in [0.717, 1.165) is 16.4 Å². The van der Waals surface area contributed by atoms with Crippen molar-refractivity contribution in [3.05, 3.63) is 71.3 Å². The molecule has 25 heavy (non-hydrogen) atoms. The summed E-state index contributed by atoms with van der Waals surface area (Å²) < 4.78 is 50.7. The van der Waals surface area contributed by atoms with Gasteiger partial charge in [0, 0.05) is 18.7 Å². The van der Waals surface area contributed by atoms with E-state index < -0.39 is 32.3 Å². The molecule has 0 aromatic heterocycles. The number of nitrogens with zero attached hydrogens (tertiary/aromatic N) is 2. The van der Waals surface area contributed by atoms with Crippen LogP contribution in [-0.4, -0.2) is 21.5 Å². The summed E-state index contributed by atoms with van der Waals surface area (Å²) in [6, 6.07) is 11.8. The van der Waals surface area contributed by atoms with Crippen LogP contribution in [-0.2, 0) is 15.5 Å². The maximum atomic E-state index is 14.5. The number of hydrogen-bond donors (Lipinski definition) is 2. The van der Waals surface area contributed by atoms with Crippen molar-refractivity contribution in [3.8, 4) is 0 Å². The Morgan fingerprint density at radius 2 is 1.88 bits per heavy atom. The smallest absolute Gasteiger partial charge is 0.204 e. The quantitative estimate of drug-likeness (QED) is 0.858. The minimum absolute atomic E-state index is 0.0405. The Hall–Kier alpha value is -2.48. The molecule has 1 aliphatic heterocycles. The molecule has 8 heteroatoms. The molecule has 5 nitrogen and oxygen atoms in total. The van der Waals surface area contributed by atoms with Gasteiger partial charge in [-0.25, -0.2) is 22.8 Å². The molecule has 1 heterocycles. The van der Waals surface area contributed by atoms with E-state index in [4.69, 9.17) is 10.5 Å². The maximum Gasteiger partial charge on any atom is 0.204 e. The first kappa shape index (κ1) is 17.3. The van der Waals surface area contributed by atoms with Gasteiger partial charge in [0.1, 0.15) is 32.3 Å². The molecule has 0 amide bonds. The van der Waals surface area contributed by atoms with Crippen molar-refractivity contribution in [3.63, 3.8) is 0 Å². The number of benzene rings is 2. The molecule has 0 bridgehead atoms. The molecule has 0 saturated carbocycles. The van der Waals surface area contributed by atoms with Crippen molar-refractivity contribution in [1.29, 1.82) is 4.78 Å². The predicted molar refractivity (Wildman–Crippen MR) is 93.1 cm³/mol. The lowest BCUT2D eigenvalue weighted by atomic mass is 9.85. The number of nitrogens with two attached hydrogens (primary N) is 1. The number of nitrogens with one attached hydrogen (secondary N) is 1. The van der Waals surface area contributed by atoms with Crippen molar-refractivity contribution in [2.45, 2.75) is 17.7 Å². The highest BCUT2D eigenvalue weighted by atomic mass is 32.2. The Labute approximate surface area is 145 Å². The van der Waals surface area contributed by atoms with Crippen LogP contribution in [0.25, 0.3) is 0 Å². The second-order valence-electron chi connectivity index (χ2n) is 6.10. The van der Waals surface area contributed by atoms with Gasteiger partial charge in [0.2, 0.25) is 5.96 Å². The Morgan fingerprint density at radius 3 is 2.48 bits per heavy atom. The zero-order valence-electron chi connectivity index (χ0n) is 13.7. The van der Waals surface area contributed by atoms with E-state index in [2.05, 4.69) is 4.99 Å². The zero-order chi connectivity index (χ0) is 18.4.